The molecule has 9 aromatic carbocycles. The molecule has 0 unspecified atom stereocenters. The fourth-order valence-corrected chi connectivity index (χ4v) is 8.28. The summed E-state index contributed by atoms with van der Waals surface area (Å²) in [5, 5.41) is 12.2. The van der Waals surface area contributed by atoms with Crippen molar-refractivity contribution in [3.63, 3.8) is 0 Å². The molecule has 2 aromatic heterocycles. The Hall–Kier alpha value is -7.03. The summed E-state index contributed by atoms with van der Waals surface area (Å²) in [7, 11) is 0. The zero-order valence-corrected chi connectivity index (χ0v) is 28.8. The smallest absolute Gasteiger partial charge is 0.136 e. The molecule has 2 heteroatoms. The van der Waals surface area contributed by atoms with Crippen molar-refractivity contribution < 1.29 is 4.42 Å². The number of rotatable bonds is 4. The molecule has 0 bridgehead atoms. The summed E-state index contributed by atoms with van der Waals surface area (Å²) in [5.74, 6) is 0. The van der Waals surface area contributed by atoms with Gasteiger partial charge in [-0.2, -0.15) is 0 Å². The van der Waals surface area contributed by atoms with E-state index in [2.05, 4.69) is 182 Å². The summed E-state index contributed by atoms with van der Waals surface area (Å²) >= 11 is 0. The molecule has 246 valence electrons. The number of benzene rings is 9. The summed E-state index contributed by atoms with van der Waals surface area (Å²) in [4.78, 5) is 4.94. The van der Waals surface area contributed by atoms with Crippen LogP contribution >= 0.6 is 0 Å². The second-order valence-electron chi connectivity index (χ2n) is 13.9. The number of nitrogens with zero attached hydrogens (tertiary/aromatic N) is 1. The largest absolute Gasteiger partial charge is 0.456 e. The van der Waals surface area contributed by atoms with E-state index >= 15 is 0 Å². The zero-order chi connectivity index (χ0) is 34.9. The molecule has 2 nitrogen and oxygen atoms in total. The Labute approximate surface area is 306 Å². The maximum atomic E-state index is 6.24. The van der Waals surface area contributed by atoms with E-state index in [4.69, 9.17) is 9.40 Å². The normalized spacial score (nSPS) is 11.8. The van der Waals surface area contributed by atoms with Crippen molar-refractivity contribution in [1.82, 2.24) is 4.98 Å². The molecule has 0 saturated carbocycles. The van der Waals surface area contributed by atoms with E-state index in [1.54, 1.807) is 0 Å². The van der Waals surface area contributed by atoms with Gasteiger partial charge in [-0.25, -0.2) is 0 Å². The number of fused-ring (bicyclic) bond motifs is 7. The van der Waals surface area contributed by atoms with E-state index in [-0.39, 0.29) is 0 Å². The van der Waals surface area contributed by atoms with Crippen molar-refractivity contribution in [1.29, 1.82) is 0 Å². The van der Waals surface area contributed by atoms with Gasteiger partial charge in [0.25, 0.3) is 0 Å². The van der Waals surface area contributed by atoms with E-state index in [1.807, 2.05) is 6.20 Å². The van der Waals surface area contributed by atoms with Crippen LogP contribution in [0.15, 0.2) is 193 Å². The van der Waals surface area contributed by atoms with Gasteiger partial charge in [0.05, 0.1) is 5.69 Å². The van der Waals surface area contributed by atoms with Crippen molar-refractivity contribution in [3.05, 3.63) is 188 Å². The van der Waals surface area contributed by atoms with Crippen LogP contribution in [0.2, 0.25) is 0 Å². The van der Waals surface area contributed by atoms with Crippen LogP contribution in [0.25, 0.3) is 110 Å². The average molecular weight is 674 g/mol. The van der Waals surface area contributed by atoms with Crippen LogP contribution in [0.1, 0.15) is 0 Å². The van der Waals surface area contributed by atoms with Crippen LogP contribution in [-0.4, -0.2) is 4.98 Å². The molecule has 2 heterocycles. The number of hydrogen-bond donors (Lipinski definition) is 0. The maximum Gasteiger partial charge on any atom is 0.136 e. The molecular weight excluding hydrogens is 643 g/mol. The van der Waals surface area contributed by atoms with E-state index in [1.165, 1.54) is 65.3 Å². The highest BCUT2D eigenvalue weighted by Gasteiger charge is 2.17. The fraction of sp³-hybridized carbons (Fsp3) is 0. The first kappa shape index (κ1) is 29.7. The summed E-state index contributed by atoms with van der Waals surface area (Å²) < 4.78 is 6.24. The quantitative estimate of drug-likeness (QED) is 0.174. The fourth-order valence-electron chi connectivity index (χ4n) is 8.28. The lowest BCUT2D eigenvalue weighted by atomic mass is 9.85. The van der Waals surface area contributed by atoms with Gasteiger partial charge >= 0.3 is 0 Å². The molecule has 53 heavy (non-hydrogen) atoms. The Morgan fingerprint density at radius 3 is 1.47 bits per heavy atom. The molecule has 0 N–H and O–H groups in total. The Bertz CT molecular complexity index is 3150. The summed E-state index contributed by atoms with van der Waals surface area (Å²) in [5.41, 5.74) is 11.0. The van der Waals surface area contributed by atoms with Gasteiger partial charge in [0.1, 0.15) is 11.2 Å². The minimum absolute atomic E-state index is 0.896. The molecule has 0 fully saturated rings. The number of aromatic nitrogens is 1. The summed E-state index contributed by atoms with van der Waals surface area (Å²) in [6.07, 6.45) is 1.98. The monoisotopic (exact) mass is 673 g/mol. The lowest BCUT2D eigenvalue weighted by Crippen LogP contribution is -1.91. The van der Waals surface area contributed by atoms with Crippen molar-refractivity contribution in [2.24, 2.45) is 0 Å². The van der Waals surface area contributed by atoms with E-state index < -0.39 is 0 Å². The Kier molecular flexibility index (Phi) is 6.59. The van der Waals surface area contributed by atoms with Crippen molar-refractivity contribution in [3.8, 4) is 44.6 Å². The highest BCUT2D eigenvalue weighted by molar-refractivity contribution is 6.21. The average Bonchev–Trinajstić information content (AvgIpc) is 3.58. The van der Waals surface area contributed by atoms with Gasteiger partial charge in [0, 0.05) is 28.1 Å². The van der Waals surface area contributed by atoms with E-state index in [0.717, 1.165) is 44.3 Å². The minimum Gasteiger partial charge on any atom is -0.456 e. The van der Waals surface area contributed by atoms with Crippen molar-refractivity contribution in [2.45, 2.75) is 0 Å². The highest BCUT2D eigenvalue weighted by atomic mass is 16.3. The van der Waals surface area contributed by atoms with Gasteiger partial charge in [0.15, 0.2) is 0 Å². The van der Waals surface area contributed by atoms with Gasteiger partial charge in [-0.1, -0.05) is 146 Å². The van der Waals surface area contributed by atoms with Gasteiger partial charge in [-0.05, 0) is 107 Å². The molecule has 11 aromatic rings. The molecule has 0 saturated heterocycles. The molecule has 0 aliphatic heterocycles. The SMILES string of the molecule is c1ccc2cc(-c3c4ccccc4c(-c4ccc(-c5ccc(-c6ccc7oc8cc9ccccc9cc8c7c6)cn5)cc4)c4ccccc34)ccc2c1. The van der Waals surface area contributed by atoms with Crippen LogP contribution in [0.5, 0.6) is 0 Å². The van der Waals surface area contributed by atoms with Crippen LogP contribution in [0.4, 0.5) is 0 Å². The third-order valence-electron chi connectivity index (χ3n) is 10.9. The molecule has 0 aliphatic carbocycles. The topological polar surface area (TPSA) is 26.0 Å². The van der Waals surface area contributed by atoms with E-state index in [9.17, 15) is 0 Å². The summed E-state index contributed by atoms with van der Waals surface area (Å²) in [6, 6.07) is 65.5. The zero-order valence-electron chi connectivity index (χ0n) is 28.8. The summed E-state index contributed by atoms with van der Waals surface area (Å²) in [6.45, 7) is 0. The highest BCUT2D eigenvalue weighted by Crippen LogP contribution is 2.44. The Morgan fingerprint density at radius 2 is 0.811 bits per heavy atom. The molecule has 11 rings (SSSR count). The predicted octanol–water partition coefficient (Wildman–Crippen LogP) is 14.3. The Balaban J connectivity index is 0.962. The maximum absolute atomic E-state index is 6.24. The third-order valence-corrected chi connectivity index (χ3v) is 10.9. The van der Waals surface area contributed by atoms with Gasteiger partial charge in [0.2, 0.25) is 0 Å². The van der Waals surface area contributed by atoms with Crippen LogP contribution in [-0.2, 0) is 0 Å². The molecular formula is C51H31NO. The second-order valence-corrected chi connectivity index (χ2v) is 13.9. The minimum atomic E-state index is 0.896. The number of furan rings is 1. The molecule has 0 aliphatic rings. The molecule has 0 radical (unpaired) electrons. The number of hydrogen-bond acceptors (Lipinski definition) is 2. The van der Waals surface area contributed by atoms with E-state index in [0.29, 0.717) is 0 Å². The molecule has 0 amide bonds. The van der Waals surface area contributed by atoms with Crippen LogP contribution in [0, 0.1) is 0 Å². The van der Waals surface area contributed by atoms with Crippen molar-refractivity contribution in [2.75, 3.05) is 0 Å². The van der Waals surface area contributed by atoms with Gasteiger partial charge in [-0.3, -0.25) is 4.98 Å². The van der Waals surface area contributed by atoms with Crippen LogP contribution in [0.3, 0.4) is 0 Å². The third kappa shape index (κ3) is 4.84. The van der Waals surface area contributed by atoms with Gasteiger partial charge < -0.3 is 4.42 Å². The first-order valence-electron chi connectivity index (χ1n) is 18.1. The molecule has 0 atom stereocenters. The molecule has 0 spiro atoms. The first-order chi connectivity index (χ1) is 26.2. The first-order valence-corrected chi connectivity index (χ1v) is 18.1. The van der Waals surface area contributed by atoms with Crippen molar-refractivity contribution >= 4 is 65.0 Å². The van der Waals surface area contributed by atoms with Gasteiger partial charge in [-0.15, -0.1) is 0 Å². The Morgan fingerprint density at radius 1 is 0.302 bits per heavy atom. The number of pyridine rings is 1. The van der Waals surface area contributed by atoms with Crippen LogP contribution < -0.4 is 0 Å². The lowest BCUT2D eigenvalue weighted by molar-refractivity contribution is 0.669. The second kappa shape index (κ2) is 11.8. The lowest BCUT2D eigenvalue weighted by Gasteiger charge is -2.18. The predicted molar refractivity (Wildman–Crippen MR) is 223 cm³/mol. The standard InChI is InChI=1S/C51H31NO/c1-2-10-35-27-39(22-17-32(35)9-1)51-43-15-7-5-13-41(43)50(42-14-6-8-16-44(42)51)34-20-18-33(19-21-34)47-25-23-40(31-52-47)38-24-26-48-45(29-38)46-28-36-11-3-4-12-37(36)30-49(46)53-48/h1-31H.